The highest BCUT2D eigenvalue weighted by Crippen LogP contribution is 2.20. The molecule has 0 bridgehead atoms. The average molecular weight is 1180 g/mol. The van der Waals surface area contributed by atoms with E-state index in [-0.39, 0.29) is 44.4 Å². The van der Waals surface area contributed by atoms with Crippen LogP contribution in [0.3, 0.4) is 0 Å². The van der Waals surface area contributed by atoms with Gasteiger partial charge in [-0.1, -0.05) is 66.2 Å². The molecule has 3 aromatic rings. The summed E-state index contributed by atoms with van der Waals surface area (Å²) in [6.07, 6.45) is 1.53. The maximum absolute atomic E-state index is 14.3. The van der Waals surface area contributed by atoms with Crippen molar-refractivity contribution in [2.45, 2.75) is 160 Å². The van der Waals surface area contributed by atoms with Crippen LogP contribution in [0, 0.1) is 17.8 Å². The summed E-state index contributed by atoms with van der Waals surface area (Å²) in [6.45, 7) is 9.85. The molecule has 0 unspecified atom stereocenters. The summed E-state index contributed by atoms with van der Waals surface area (Å²) in [4.78, 5) is 181. The van der Waals surface area contributed by atoms with Crippen molar-refractivity contribution in [3.05, 3.63) is 54.2 Å². The molecule has 2 aromatic heterocycles. The molecule has 31 nitrogen and oxygen atoms in total. The highest BCUT2D eigenvalue weighted by atomic mass is 16.4. The Bertz CT molecular complexity index is 2820. The van der Waals surface area contributed by atoms with E-state index in [0.717, 1.165) is 0 Å². The van der Waals surface area contributed by atoms with E-state index in [1.54, 1.807) is 72.0 Å². The molecule has 0 saturated carbocycles. The van der Waals surface area contributed by atoms with Crippen LogP contribution in [0.15, 0.2) is 43.0 Å². The molecule has 0 saturated heterocycles. The summed E-state index contributed by atoms with van der Waals surface area (Å²) in [5, 5.41) is 52.2. The Morgan fingerprint density at radius 3 is 1.67 bits per heavy atom. The largest absolute Gasteiger partial charge is 0.481 e. The van der Waals surface area contributed by atoms with Crippen molar-refractivity contribution in [1.29, 1.82) is 0 Å². The van der Waals surface area contributed by atoms with Gasteiger partial charge >= 0.3 is 11.9 Å². The predicted octanol–water partition coefficient (Wildman–Crippen LogP) is -4.17. The Morgan fingerprint density at radius 2 is 1.11 bits per heavy atom. The number of nitrogens with two attached hydrogens (primary N) is 3. The van der Waals surface area contributed by atoms with Gasteiger partial charge in [-0.15, -0.1) is 0 Å². The minimum Gasteiger partial charge on any atom is -0.481 e. The van der Waals surface area contributed by atoms with Gasteiger partial charge in [-0.05, 0) is 49.1 Å². The number of primary amides is 2. The van der Waals surface area contributed by atoms with Crippen LogP contribution < -0.4 is 65.1 Å². The number of fused-ring (bicyclic) bond motifs is 1. The van der Waals surface area contributed by atoms with Crippen LogP contribution in [0.5, 0.6) is 0 Å². The van der Waals surface area contributed by atoms with E-state index in [9.17, 15) is 77.6 Å². The molecule has 2 heterocycles. The number of hydrogen-bond acceptors (Lipinski definition) is 16. The first-order chi connectivity index (χ1) is 39.5. The number of aliphatic carboxylic acids is 2. The normalized spacial score (nSPS) is 15.2. The van der Waals surface area contributed by atoms with E-state index in [1.165, 1.54) is 19.4 Å². The third-order valence-electron chi connectivity index (χ3n) is 13.4. The van der Waals surface area contributed by atoms with Gasteiger partial charge < -0.3 is 90.3 Å². The first-order valence-corrected chi connectivity index (χ1v) is 27.1. The molecule has 84 heavy (non-hydrogen) atoms. The van der Waals surface area contributed by atoms with Gasteiger partial charge in [-0.25, -0.2) is 9.78 Å². The zero-order valence-corrected chi connectivity index (χ0v) is 47.7. The van der Waals surface area contributed by atoms with Crippen molar-refractivity contribution in [3.63, 3.8) is 0 Å². The molecule has 462 valence electrons. The first-order valence-electron chi connectivity index (χ1n) is 27.1. The lowest BCUT2D eigenvalue weighted by Gasteiger charge is -2.30. The van der Waals surface area contributed by atoms with Gasteiger partial charge in [0, 0.05) is 48.3 Å². The molecular formula is C53H79N15O16. The molecule has 11 atom stereocenters. The van der Waals surface area contributed by atoms with Crippen LogP contribution in [-0.2, 0) is 75.2 Å². The van der Waals surface area contributed by atoms with Crippen molar-refractivity contribution in [3.8, 4) is 0 Å². The Labute approximate surface area is 483 Å². The number of H-pyrrole nitrogens is 2. The van der Waals surface area contributed by atoms with Crippen molar-refractivity contribution in [1.82, 2.24) is 62.8 Å². The molecule has 3 rings (SSSR count). The molecule has 0 fully saturated rings. The number of nitrogens with one attached hydrogen (secondary N) is 11. The van der Waals surface area contributed by atoms with Gasteiger partial charge in [-0.3, -0.25) is 57.5 Å². The number of aliphatic hydroxyl groups excluding tert-OH is 1. The summed E-state index contributed by atoms with van der Waals surface area (Å²) in [5.41, 5.74) is 18.0. The molecule has 0 aliphatic carbocycles. The maximum atomic E-state index is 14.3. The molecule has 11 amide bonds. The second kappa shape index (κ2) is 33.2. The third kappa shape index (κ3) is 22.1. The zero-order chi connectivity index (χ0) is 63.1. The van der Waals surface area contributed by atoms with E-state index >= 15 is 0 Å². The summed E-state index contributed by atoms with van der Waals surface area (Å²) in [6, 6.07) is -8.63. The van der Waals surface area contributed by atoms with Crippen molar-refractivity contribution < 1.29 is 77.6 Å². The number of nitrogens with zero attached hydrogens (tertiary/aromatic N) is 1. The van der Waals surface area contributed by atoms with Crippen LogP contribution >= 0.6 is 0 Å². The highest BCUT2D eigenvalue weighted by molar-refractivity contribution is 6.00. The van der Waals surface area contributed by atoms with E-state index < -0.39 is 169 Å². The fraction of sp³-hybridized carbons (Fsp3) is 0.547. The first kappa shape index (κ1) is 69.3. The predicted molar refractivity (Wildman–Crippen MR) is 298 cm³/mol. The Hall–Kier alpha value is -9.00. The molecule has 1 aromatic carbocycles. The number of carboxylic acids is 2. The standard InChI is InChI=1S/C53H79N15O16/c1-8-26(6)43(52(82)65-36(18-40(56)71)47(77)66-38(22-69)51(81)63-35(17-29-21-57-23-59-29)50(80)67-42(25(4)5)53(83)84)68-49(79)33(15-24(2)3)62-48(78)37(19-41(72)73)64-46(76)34(16-28-20-58-32-12-10-9-11-30(28)32)61-44(74)27(7)60-45(75)31(54)13-14-39(55)70/h9-12,20-21,23-27,31,33-38,42-43,58,69H,8,13-19,22,54H2,1-7H3,(H2,55,70)(H2,56,71)(H,57,59)(H,60,75)(H,61,74)(H,62,78)(H,63,81)(H,64,76)(H,65,82)(H,66,77)(H,67,80)(H,68,79)(H,72,73)(H,83,84)/t26-,27-,31-,33-,34-,35-,36-,37-,38-,42-,43-/m0/s1. The van der Waals surface area contributed by atoms with Crippen molar-refractivity contribution >= 4 is 87.8 Å². The maximum Gasteiger partial charge on any atom is 0.326 e. The number of aromatic nitrogens is 3. The van der Waals surface area contributed by atoms with Crippen LogP contribution in [0.1, 0.15) is 98.2 Å². The van der Waals surface area contributed by atoms with Crippen LogP contribution in [0.4, 0.5) is 0 Å². The average Bonchev–Trinajstić information content (AvgIpc) is 4.24. The number of hydrogen-bond donors (Lipinski definition) is 17. The SMILES string of the molecule is CC[C@H](C)[C@H](NC(=O)[C@H](CC(C)C)NC(=O)[C@H](CC(=O)O)NC(=O)[C@H](Cc1c[nH]c2ccccc12)NC(=O)[C@H](C)NC(=O)[C@@H](N)CCC(N)=O)C(=O)N[C@@H](CC(N)=O)C(=O)N[C@@H](CO)C(=O)N[C@@H](Cc1cnc[nH]1)C(=O)N[C@H](C(=O)O)C(C)C. The summed E-state index contributed by atoms with van der Waals surface area (Å²) in [7, 11) is 0. The second-order valence-electron chi connectivity index (χ2n) is 21.1. The number of imidazole rings is 1. The Balaban J connectivity index is 1.88. The quantitative estimate of drug-likeness (QED) is 0.0263. The van der Waals surface area contributed by atoms with Gasteiger partial charge in [-0.2, -0.15) is 0 Å². The third-order valence-corrected chi connectivity index (χ3v) is 13.4. The van der Waals surface area contributed by atoms with Crippen LogP contribution in [0.2, 0.25) is 0 Å². The van der Waals surface area contributed by atoms with Gasteiger partial charge in [0.1, 0.15) is 54.4 Å². The molecule has 0 radical (unpaired) electrons. The van der Waals surface area contributed by atoms with E-state index in [1.807, 2.05) is 0 Å². The van der Waals surface area contributed by atoms with Crippen molar-refractivity contribution in [2.75, 3.05) is 6.61 Å². The van der Waals surface area contributed by atoms with Gasteiger partial charge in [0.25, 0.3) is 0 Å². The minimum absolute atomic E-state index is 0.124. The fourth-order valence-corrected chi connectivity index (χ4v) is 8.43. The molecule has 0 aliphatic heterocycles. The number of carbonyl (C=O) groups is 13. The van der Waals surface area contributed by atoms with E-state index in [4.69, 9.17) is 17.2 Å². The van der Waals surface area contributed by atoms with Gasteiger partial charge in [0.2, 0.25) is 65.0 Å². The zero-order valence-electron chi connectivity index (χ0n) is 47.7. The van der Waals surface area contributed by atoms with Gasteiger partial charge in [0.15, 0.2) is 0 Å². The Morgan fingerprint density at radius 1 is 0.583 bits per heavy atom. The van der Waals surface area contributed by atoms with Crippen LogP contribution in [-0.4, -0.2) is 174 Å². The van der Waals surface area contributed by atoms with Crippen molar-refractivity contribution in [2.24, 2.45) is 35.0 Å². The summed E-state index contributed by atoms with van der Waals surface area (Å²) < 4.78 is 0. The minimum atomic E-state index is -1.90. The summed E-state index contributed by atoms with van der Waals surface area (Å²) in [5.74, 6) is -15.7. The lowest BCUT2D eigenvalue weighted by atomic mass is 9.96. The number of rotatable bonds is 36. The lowest BCUT2D eigenvalue weighted by molar-refractivity contribution is -0.143. The lowest BCUT2D eigenvalue weighted by Crippen LogP contribution is -2.62. The fourth-order valence-electron chi connectivity index (χ4n) is 8.43. The van der Waals surface area contributed by atoms with E-state index in [2.05, 4.69) is 62.8 Å². The van der Waals surface area contributed by atoms with Crippen LogP contribution in [0.25, 0.3) is 10.9 Å². The highest BCUT2D eigenvalue weighted by Gasteiger charge is 2.38. The molecular weight excluding hydrogens is 1100 g/mol. The Kier molecular flexibility index (Phi) is 27.4. The number of carboxylic acid groups (broad SMARTS) is 2. The molecule has 20 N–H and O–H groups in total. The topological polar surface area (TPSA) is 513 Å². The number of carbonyl (C=O) groups excluding carboxylic acids is 11. The number of para-hydroxylation sites is 1. The molecule has 0 aliphatic rings. The smallest absolute Gasteiger partial charge is 0.326 e. The molecule has 0 spiro atoms. The van der Waals surface area contributed by atoms with E-state index in [0.29, 0.717) is 22.2 Å². The number of aromatic amines is 2. The summed E-state index contributed by atoms with van der Waals surface area (Å²) >= 11 is 0. The number of aliphatic hydroxyl groups is 1. The molecule has 31 heteroatoms. The van der Waals surface area contributed by atoms with Gasteiger partial charge in [0.05, 0.1) is 31.8 Å². The number of amides is 11. The second-order valence-corrected chi connectivity index (χ2v) is 21.1. The number of benzene rings is 1. The monoisotopic (exact) mass is 1180 g/mol.